The van der Waals surface area contributed by atoms with E-state index < -0.39 is 18.5 Å². The summed E-state index contributed by atoms with van der Waals surface area (Å²) in [5.74, 6) is -0.528. The number of ether oxygens (including phenoxy) is 1. The van der Waals surface area contributed by atoms with Crippen LogP contribution in [0.3, 0.4) is 0 Å². The zero-order chi connectivity index (χ0) is 21.8. The highest BCUT2D eigenvalue weighted by Crippen LogP contribution is 2.27. The van der Waals surface area contributed by atoms with Crippen molar-refractivity contribution in [2.75, 3.05) is 29.9 Å². The van der Waals surface area contributed by atoms with Gasteiger partial charge in [0.15, 0.2) is 6.61 Å². The molecule has 156 valence electrons. The molecule has 0 radical (unpaired) electrons. The number of hydrogen-bond donors (Lipinski definition) is 1. The fourth-order valence-electron chi connectivity index (χ4n) is 3.52. The van der Waals surface area contributed by atoms with Crippen LogP contribution in [0.5, 0.6) is 0 Å². The molecule has 0 spiro atoms. The number of carbonyl (C=O) groups is 2. The van der Waals surface area contributed by atoms with Crippen LogP contribution in [0.15, 0.2) is 48.5 Å². The number of rotatable bonds is 5. The Morgan fingerprint density at radius 3 is 2.68 bits per heavy atom. The van der Waals surface area contributed by atoms with Crippen LogP contribution < -0.4 is 10.2 Å². The van der Waals surface area contributed by atoms with Crippen molar-refractivity contribution in [3.63, 3.8) is 0 Å². The summed E-state index contributed by atoms with van der Waals surface area (Å²) in [5.41, 5.74) is 1.87. The molecule has 4 rings (SSSR count). The summed E-state index contributed by atoms with van der Waals surface area (Å²) in [5, 5.41) is 12.6. The number of pyridine rings is 1. The first-order valence-corrected chi connectivity index (χ1v) is 10.2. The van der Waals surface area contributed by atoms with Crippen molar-refractivity contribution >= 4 is 45.9 Å². The smallest absolute Gasteiger partial charge is 0.342 e. The van der Waals surface area contributed by atoms with E-state index >= 15 is 0 Å². The van der Waals surface area contributed by atoms with Crippen molar-refractivity contribution in [1.82, 2.24) is 4.98 Å². The number of benzene rings is 2. The summed E-state index contributed by atoms with van der Waals surface area (Å²) >= 11 is 5.98. The summed E-state index contributed by atoms with van der Waals surface area (Å²) in [6.07, 6.45) is 2.08. The lowest BCUT2D eigenvalue weighted by molar-refractivity contribution is -0.119. The van der Waals surface area contributed by atoms with Gasteiger partial charge in [0.05, 0.1) is 16.1 Å². The van der Waals surface area contributed by atoms with E-state index in [9.17, 15) is 9.59 Å². The van der Waals surface area contributed by atoms with Crippen LogP contribution in [0.1, 0.15) is 28.8 Å². The van der Waals surface area contributed by atoms with Gasteiger partial charge in [0.2, 0.25) is 0 Å². The lowest BCUT2D eigenvalue weighted by Crippen LogP contribution is -2.25. The fraction of sp³-hybridized carbons (Fsp3) is 0.217. The van der Waals surface area contributed by atoms with Gasteiger partial charge in [0.25, 0.3) is 5.91 Å². The van der Waals surface area contributed by atoms with Crippen molar-refractivity contribution in [1.29, 1.82) is 5.26 Å². The van der Waals surface area contributed by atoms with Crippen LogP contribution in [0.4, 0.5) is 11.5 Å². The number of fused-ring (bicyclic) bond motifs is 1. The predicted molar refractivity (Wildman–Crippen MR) is 118 cm³/mol. The van der Waals surface area contributed by atoms with E-state index in [0.29, 0.717) is 22.6 Å². The number of nitriles is 1. The molecule has 0 aliphatic carbocycles. The zero-order valence-corrected chi connectivity index (χ0v) is 17.4. The van der Waals surface area contributed by atoms with Crippen LogP contribution in [0.2, 0.25) is 5.02 Å². The second-order valence-electron chi connectivity index (χ2n) is 7.18. The highest BCUT2D eigenvalue weighted by atomic mass is 35.5. The van der Waals surface area contributed by atoms with Crippen LogP contribution in [0.25, 0.3) is 10.9 Å². The molecule has 2 aromatic carbocycles. The molecule has 1 saturated heterocycles. The third-order valence-corrected chi connectivity index (χ3v) is 5.35. The van der Waals surface area contributed by atoms with Gasteiger partial charge in [-0.3, -0.25) is 4.79 Å². The molecule has 3 aromatic rings. The van der Waals surface area contributed by atoms with Crippen LogP contribution in [-0.2, 0) is 9.53 Å². The number of anilines is 2. The number of esters is 1. The summed E-state index contributed by atoms with van der Waals surface area (Å²) < 4.78 is 5.28. The standard InChI is InChI=1S/C23H19ClN4O3/c24-19-12-17(8-7-16(19)13-25)26-21(29)14-31-23(30)18-11-15-5-1-2-6-20(15)27-22(18)28-9-3-4-10-28/h1-2,5-8,11-12H,3-4,9-10,14H2,(H,26,29). The van der Waals surface area contributed by atoms with Crippen LogP contribution >= 0.6 is 11.6 Å². The maximum atomic E-state index is 12.8. The minimum atomic E-state index is -0.604. The Morgan fingerprint density at radius 2 is 1.94 bits per heavy atom. The van der Waals surface area contributed by atoms with Gasteiger partial charge in [0.1, 0.15) is 17.5 Å². The Kier molecular flexibility index (Phi) is 6.01. The lowest BCUT2D eigenvalue weighted by atomic mass is 10.1. The molecule has 2 heterocycles. The van der Waals surface area contributed by atoms with Crippen molar-refractivity contribution in [3.8, 4) is 6.07 Å². The van der Waals surface area contributed by atoms with E-state index in [4.69, 9.17) is 21.6 Å². The molecule has 1 aromatic heterocycles. The Labute approximate surface area is 184 Å². The first-order valence-electron chi connectivity index (χ1n) is 9.86. The van der Waals surface area contributed by atoms with E-state index in [1.165, 1.54) is 12.1 Å². The van der Waals surface area contributed by atoms with E-state index in [1.54, 1.807) is 12.1 Å². The molecule has 0 atom stereocenters. The van der Waals surface area contributed by atoms with Crippen molar-refractivity contribution < 1.29 is 14.3 Å². The topological polar surface area (TPSA) is 95.3 Å². The second kappa shape index (κ2) is 9.02. The van der Waals surface area contributed by atoms with Crippen molar-refractivity contribution in [3.05, 3.63) is 64.7 Å². The molecular weight excluding hydrogens is 416 g/mol. The van der Waals surface area contributed by atoms with Gasteiger partial charge in [-0.05, 0) is 43.2 Å². The fourth-order valence-corrected chi connectivity index (χ4v) is 3.74. The van der Waals surface area contributed by atoms with Gasteiger partial charge in [-0.2, -0.15) is 5.26 Å². The number of hydrogen-bond acceptors (Lipinski definition) is 6. The number of aromatic nitrogens is 1. The number of carbonyl (C=O) groups excluding carboxylic acids is 2. The average Bonchev–Trinajstić information content (AvgIpc) is 3.31. The number of amides is 1. The molecule has 1 fully saturated rings. The Hall–Kier alpha value is -3.63. The van der Waals surface area contributed by atoms with Gasteiger partial charge < -0.3 is 15.0 Å². The zero-order valence-electron chi connectivity index (χ0n) is 16.6. The first-order chi connectivity index (χ1) is 15.0. The first kappa shape index (κ1) is 20.6. The summed E-state index contributed by atoms with van der Waals surface area (Å²) in [7, 11) is 0. The highest BCUT2D eigenvalue weighted by Gasteiger charge is 2.23. The minimum absolute atomic E-state index is 0.231. The van der Waals surface area contributed by atoms with Gasteiger partial charge in [-0.1, -0.05) is 29.8 Å². The summed E-state index contributed by atoms with van der Waals surface area (Å²) in [6.45, 7) is 1.19. The molecular formula is C23H19ClN4O3. The van der Waals surface area contributed by atoms with Crippen LogP contribution in [-0.4, -0.2) is 36.6 Å². The Morgan fingerprint density at radius 1 is 1.16 bits per heavy atom. The quantitative estimate of drug-likeness (QED) is 0.606. The molecule has 0 bridgehead atoms. The van der Waals surface area contributed by atoms with Gasteiger partial charge in [-0.25, -0.2) is 9.78 Å². The molecule has 31 heavy (non-hydrogen) atoms. The van der Waals surface area contributed by atoms with Crippen LogP contribution in [0, 0.1) is 11.3 Å². The van der Waals surface area contributed by atoms with Gasteiger partial charge in [0, 0.05) is 24.2 Å². The summed E-state index contributed by atoms with van der Waals surface area (Å²) in [6, 6.07) is 15.8. The average molecular weight is 435 g/mol. The molecule has 7 nitrogen and oxygen atoms in total. The maximum Gasteiger partial charge on any atom is 0.342 e. The van der Waals surface area contributed by atoms with Crippen molar-refractivity contribution in [2.45, 2.75) is 12.8 Å². The van der Waals surface area contributed by atoms with E-state index in [2.05, 4.69) is 15.2 Å². The normalized spacial score (nSPS) is 13.1. The minimum Gasteiger partial charge on any atom is -0.452 e. The Balaban J connectivity index is 1.49. The molecule has 8 heteroatoms. The molecule has 1 N–H and O–H groups in total. The van der Waals surface area contributed by atoms with Gasteiger partial charge in [-0.15, -0.1) is 0 Å². The largest absolute Gasteiger partial charge is 0.452 e. The number of nitrogens with zero attached hydrogens (tertiary/aromatic N) is 3. The number of nitrogens with one attached hydrogen (secondary N) is 1. The SMILES string of the molecule is N#Cc1ccc(NC(=O)COC(=O)c2cc3ccccc3nc2N2CCCC2)cc1Cl. The third-order valence-electron chi connectivity index (χ3n) is 5.04. The van der Waals surface area contributed by atoms with Crippen molar-refractivity contribution in [2.24, 2.45) is 0 Å². The van der Waals surface area contributed by atoms with E-state index in [1.807, 2.05) is 30.3 Å². The molecule has 1 amide bonds. The second-order valence-corrected chi connectivity index (χ2v) is 7.58. The van der Waals surface area contributed by atoms with Gasteiger partial charge >= 0.3 is 5.97 Å². The van der Waals surface area contributed by atoms with E-state index in [-0.39, 0.29) is 5.02 Å². The molecule has 0 unspecified atom stereocenters. The lowest BCUT2D eigenvalue weighted by Gasteiger charge is -2.20. The molecule has 0 saturated carbocycles. The monoisotopic (exact) mass is 434 g/mol. The maximum absolute atomic E-state index is 12.8. The highest BCUT2D eigenvalue weighted by molar-refractivity contribution is 6.32. The number of halogens is 1. The predicted octanol–water partition coefficient (Wildman–Crippen LogP) is 4.16. The summed E-state index contributed by atoms with van der Waals surface area (Å²) in [4.78, 5) is 31.8. The van der Waals surface area contributed by atoms with E-state index in [0.717, 1.165) is 36.8 Å². The third kappa shape index (κ3) is 4.60. The Bertz CT molecular complexity index is 1200. The number of para-hydroxylation sites is 1. The molecule has 1 aliphatic rings. The molecule has 1 aliphatic heterocycles.